The number of amides is 1. The van der Waals surface area contributed by atoms with Gasteiger partial charge >= 0.3 is 5.97 Å². The van der Waals surface area contributed by atoms with Crippen molar-refractivity contribution < 1.29 is 22.7 Å². The molecule has 7 nitrogen and oxygen atoms in total. The highest BCUT2D eigenvalue weighted by Crippen LogP contribution is 2.23. The Labute approximate surface area is 139 Å². The number of hydrogen-bond donors (Lipinski definition) is 2. The van der Waals surface area contributed by atoms with Crippen LogP contribution in [0, 0.1) is 0 Å². The summed E-state index contributed by atoms with van der Waals surface area (Å²) in [6.07, 6.45) is 1.90. The van der Waals surface area contributed by atoms with Gasteiger partial charge in [-0.05, 0) is 19.4 Å². The molecular formula is C16H18N2O5S. The molecule has 3 rings (SSSR count). The van der Waals surface area contributed by atoms with E-state index in [1.807, 2.05) is 12.1 Å². The molecule has 8 heteroatoms. The van der Waals surface area contributed by atoms with Gasteiger partial charge in [0.25, 0.3) is 5.91 Å². The van der Waals surface area contributed by atoms with E-state index in [1.54, 1.807) is 19.1 Å². The number of aromatic amines is 1. The van der Waals surface area contributed by atoms with Crippen molar-refractivity contribution >= 4 is 32.6 Å². The largest absolute Gasteiger partial charge is 0.452 e. The highest BCUT2D eigenvalue weighted by Gasteiger charge is 2.39. The summed E-state index contributed by atoms with van der Waals surface area (Å²) in [5.74, 6) is -1.16. The summed E-state index contributed by atoms with van der Waals surface area (Å²) < 4.78 is 28.1. The molecule has 1 saturated heterocycles. The van der Waals surface area contributed by atoms with Crippen molar-refractivity contribution in [3.05, 3.63) is 36.0 Å². The maximum Gasteiger partial charge on any atom is 0.340 e. The molecule has 2 N–H and O–H groups in total. The SMILES string of the molecule is C[C@@]1(NC(=O)COC(=O)c2c[nH]c3ccccc23)CCS(=O)(=O)C1. The van der Waals surface area contributed by atoms with Crippen LogP contribution >= 0.6 is 0 Å². The van der Waals surface area contributed by atoms with Crippen LogP contribution in [0.2, 0.25) is 0 Å². The van der Waals surface area contributed by atoms with Gasteiger partial charge in [-0.15, -0.1) is 0 Å². The summed E-state index contributed by atoms with van der Waals surface area (Å²) in [5, 5.41) is 3.36. The lowest BCUT2D eigenvalue weighted by molar-refractivity contribution is -0.125. The third-order valence-electron chi connectivity index (χ3n) is 4.09. The second kappa shape index (κ2) is 5.94. The van der Waals surface area contributed by atoms with Crippen molar-refractivity contribution in [1.82, 2.24) is 10.3 Å². The predicted octanol–water partition coefficient (Wildman–Crippen LogP) is 1.02. The molecule has 0 radical (unpaired) electrons. The Bertz CT molecular complexity index is 902. The quantitative estimate of drug-likeness (QED) is 0.801. The number of nitrogens with one attached hydrogen (secondary N) is 2. The third-order valence-corrected chi connectivity index (χ3v) is 5.99. The monoisotopic (exact) mass is 350 g/mol. The number of fused-ring (bicyclic) bond motifs is 1. The Kier molecular flexibility index (Phi) is 4.08. The van der Waals surface area contributed by atoms with Crippen LogP contribution in [0.25, 0.3) is 10.9 Å². The number of para-hydroxylation sites is 1. The third kappa shape index (κ3) is 3.43. The van der Waals surface area contributed by atoms with Crippen LogP contribution in [0.5, 0.6) is 0 Å². The number of ether oxygens (including phenoxy) is 1. The minimum atomic E-state index is -3.12. The van der Waals surface area contributed by atoms with Gasteiger partial charge in [-0.2, -0.15) is 0 Å². The minimum absolute atomic E-state index is 0.0545. The second-order valence-corrected chi connectivity index (χ2v) is 8.46. The topological polar surface area (TPSA) is 105 Å². The van der Waals surface area contributed by atoms with Crippen LogP contribution in [0.15, 0.2) is 30.5 Å². The van der Waals surface area contributed by atoms with Crippen molar-refractivity contribution in [1.29, 1.82) is 0 Å². The number of aromatic nitrogens is 1. The number of benzene rings is 1. The molecule has 2 aromatic rings. The molecule has 1 aromatic heterocycles. The van der Waals surface area contributed by atoms with E-state index < -0.39 is 33.9 Å². The number of sulfone groups is 1. The second-order valence-electron chi connectivity index (χ2n) is 6.27. The average molecular weight is 350 g/mol. The predicted molar refractivity (Wildman–Crippen MR) is 88.4 cm³/mol. The molecule has 0 saturated carbocycles. The first-order chi connectivity index (χ1) is 11.3. The van der Waals surface area contributed by atoms with Crippen molar-refractivity contribution in [2.24, 2.45) is 0 Å². The molecule has 24 heavy (non-hydrogen) atoms. The van der Waals surface area contributed by atoms with E-state index in [-0.39, 0.29) is 11.5 Å². The highest BCUT2D eigenvalue weighted by atomic mass is 32.2. The van der Waals surface area contributed by atoms with Gasteiger partial charge in [0.2, 0.25) is 0 Å². The van der Waals surface area contributed by atoms with Gasteiger partial charge in [-0.1, -0.05) is 18.2 Å². The molecule has 2 heterocycles. The van der Waals surface area contributed by atoms with Crippen molar-refractivity contribution in [2.75, 3.05) is 18.1 Å². The Morgan fingerprint density at radius 2 is 2.08 bits per heavy atom. The van der Waals surface area contributed by atoms with E-state index in [2.05, 4.69) is 10.3 Å². The average Bonchev–Trinajstić information content (AvgIpc) is 3.05. The molecule has 1 fully saturated rings. The van der Waals surface area contributed by atoms with Crippen LogP contribution in [0.4, 0.5) is 0 Å². The summed E-state index contributed by atoms with van der Waals surface area (Å²) in [7, 11) is -3.12. The number of H-pyrrole nitrogens is 1. The van der Waals surface area contributed by atoms with E-state index in [0.717, 1.165) is 10.9 Å². The van der Waals surface area contributed by atoms with Crippen LogP contribution in [-0.2, 0) is 19.4 Å². The fraction of sp³-hybridized carbons (Fsp3) is 0.375. The van der Waals surface area contributed by atoms with Gasteiger partial charge in [0.1, 0.15) is 0 Å². The van der Waals surface area contributed by atoms with Gasteiger partial charge in [0.15, 0.2) is 16.4 Å². The van der Waals surface area contributed by atoms with Crippen LogP contribution in [0.1, 0.15) is 23.7 Å². The summed E-state index contributed by atoms with van der Waals surface area (Å²) in [4.78, 5) is 27.1. The Hall–Kier alpha value is -2.35. The lowest BCUT2D eigenvalue weighted by atomic mass is 10.0. The lowest BCUT2D eigenvalue weighted by Crippen LogP contribution is -2.48. The van der Waals surface area contributed by atoms with E-state index in [0.29, 0.717) is 12.0 Å². The summed E-state index contributed by atoms with van der Waals surface area (Å²) >= 11 is 0. The van der Waals surface area contributed by atoms with Gasteiger partial charge < -0.3 is 15.0 Å². The number of rotatable bonds is 4. The van der Waals surface area contributed by atoms with Gasteiger partial charge in [-0.25, -0.2) is 13.2 Å². The number of carbonyl (C=O) groups excluding carboxylic acids is 2. The first kappa shape index (κ1) is 16.5. The van der Waals surface area contributed by atoms with Gasteiger partial charge in [-0.3, -0.25) is 4.79 Å². The Morgan fingerprint density at radius 3 is 2.79 bits per heavy atom. The fourth-order valence-corrected chi connectivity index (χ4v) is 5.02. The first-order valence-corrected chi connectivity index (χ1v) is 9.35. The maximum atomic E-state index is 12.1. The molecule has 0 spiro atoms. The smallest absolute Gasteiger partial charge is 0.340 e. The maximum absolute atomic E-state index is 12.1. The lowest BCUT2D eigenvalue weighted by Gasteiger charge is -2.23. The van der Waals surface area contributed by atoms with Crippen LogP contribution in [-0.4, -0.2) is 48.9 Å². The van der Waals surface area contributed by atoms with Crippen molar-refractivity contribution in [3.63, 3.8) is 0 Å². The van der Waals surface area contributed by atoms with Crippen LogP contribution < -0.4 is 5.32 Å². The molecule has 1 aromatic carbocycles. The molecule has 0 bridgehead atoms. The number of carbonyl (C=O) groups is 2. The summed E-state index contributed by atoms with van der Waals surface area (Å²) in [6, 6.07) is 7.27. The van der Waals surface area contributed by atoms with Gasteiger partial charge in [0, 0.05) is 17.1 Å². The Morgan fingerprint density at radius 1 is 1.33 bits per heavy atom. The highest BCUT2D eigenvalue weighted by molar-refractivity contribution is 7.91. The molecule has 1 amide bonds. The van der Waals surface area contributed by atoms with E-state index >= 15 is 0 Å². The molecule has 1 aliphatic rings. The van der Waals surface area contributed by atoms with Crippen molar-refractivity contribution in [3.8, 4) is 0 Å². The zero-order valence-electron chi connectivity index (χ0n) is 13.2. The standard InChI is InChI=1S/C16H18N2O5S/c1-16(6-7-24(21,22)10-16)18-14(19)9-23-15(20)12-8-17-13-5-3-2-4-11(12)13/h2-5,8,17H,6-7,9-10H2,1H3,(H,18,19)/t16-/m1/s1. The summed E-state index contributed by atoms with van der Waals surface area (Å²) in [6.45, 7) is 1.23. The summed E-state index contributed by atoms with van der Waals surface area (Å²) in [5.41, 5.74) is 0.356. The zero-order valence-corrected chi connectivity index (χ0v) is 14.0. The minimum Gasteiger partial charge on any atom is -0.452 e. The Balaban J connectivity index is 1.59. The molecule has 1 atom stereocenters. The molecule has 1 aliphatic heterocycles. The zero-order chi connectivity index (χ0) is 17.4. The van der Waals surface area contributed by atoms with E-state index in [9.17, 15) is 18.0 Å². The number of esters is 1. The van der Waals surface area contributed by atoms with Gasteiger partial charge in [0.05, 0.1) is 22.6 Å². The molecule has 128 valence electrons. The van der Waals surface area contributed by atoms with E-state index in [4.69, 9.17) is 4.74 Å². The molecule has 0 aliphatic carbocycles. The molecular weight excluding hydrogens is 332 g/mol. The van der Waals surface area contributed by atoms with Crippen molar-refractivity contribution in [2.45, 2.75) is 18.9 Å². The number of hydrogen-bond acceptors (Lipinski definition) is 5. The normalized spacial score (nSPS) is 22.4. The fourth-order valence-electron chi connectivity index (χ4n) is 2.93. The first-order valence-electron chi connectivity index (χ1n) is 7.53. The van der Waals surface area contributed by atoms with E-state index in [1.165, 1.54) is 6.20 Å². The molecule has 0 unspecified atom stereocenters. The van der Waals surface area contributed by atoms with Crippen LogP contribution in [0.3, 0.4) is 0 Å².